The number of imide groups is 1. The van der Waals surface area contributed by atoms with E-state index in [0.29, 0.717) is 33.7 Å². The molecule has 6 atom stereocenters. The van der Waals surface area contributed by atoms with Crippen LogP contribution in [-0.2, 0) is 24.6 Å². The Balaban J connectivity index is 1.40. The Morgan fingerprint density at radius 2 is 1.51 bits per heavy atom. The number of anilines is 1. The highest BCUT2D eigenvalue weighted by atomic mass is 127. The standard InChI is InChI=1S/C42H34INO7/c1-50-27-19-33(45)37(34(20-27)51-2)38-28-17-18-29-36(41(49)44(40(29)48)26-15-13-25(43)14-16-26)31(28)21-32-39(47)30(23-9-5-3-6-10-23)22-35(46)42(32,38)24-11-7-4-8-12-24/h3-17,19-20,22,29,31-32,36,38,45H,18,21H2,1-2H3. The van der Waals surface area contributed by atoms with Gasteiger partial charge in [0.2, 0.25) is 11.8 Å². The van der Waals surface area contributed by atoms with Crippen LogP contribution in [0.2, 0.25) is 0 Å². The van der Waals surface area contributed by atoms with Crippen LogP contribution in [0.15, 0.2) is 115 Å². The van der Waals surface area contributed by atoms with Crippen molar-refractivity contribution < 1.29 is 33.8 Å². The molecule has 4 aromatic carbocycles. The smallest absolute Gasteiger partial charge is 0.238 e. The number of rotatable bonds is 6. The van der Waals surface area contributed by atoms with Gasteiger partial charge in [-0.25, -0.2) is 0 Å². The van der Waals surface area contributed by atoms with Gasteiger partial charge < -0.3 is 14.6 Å². The van der Waals surface area contributed by atoms with E-state index in [9.17, 15) is 14.7 Å². The number of methoxy groups -OCH3 is 2. The van der Waals surface area contributed by atoms with Gasteiger partial charge in [0.15, 0.2) is 11.6 Å². The van der Waals surface area contributed by atoms with Gasteiger partial charge >= 0.3 is 0 Å². The van der Waals surface area contributed by atoms with Crippen LogP contribution in [0.3, 0.4) is 0 Å². The molecular formula is C42H34INO7. The number of hydrogen-bond acceptors (Lipinski definition) is 7. The molecule has 0 radical (unpaired) electrons. The summed E-state index contributed by atoms with van der Waals surface area (Å²) >= 11 is 2.18. The van der Waals surface area contributed by atoms with E-state index in [1.807, 2.05) is 78.9 Å². The molecule has 6 unspecified atom stereocenters. The number of amides is 2. The van der Waals surface area contributed by atoms with E-state index >= 15 is 9.59 Å². The van der Waals surface area contributed by atoms with Gasteiger partial charge in [-0.3, -0.25) is 24.1 Å². The second-order valence-corrected chi connectivity index (χ2v) is 14.8. The zero-order valence-corrected chi connectivity index (χ0v) is 30.1. The van der Waals surface area contributed by atoms with Crippen LogP contribution in [0.25, 0.3) is 5.57 Å². The fourth-order valence-electron chi connectivity index (χ4n) is 9.20. The number of Topliss-reactive ketones (excluding diaryl/α,β-unsaturated/α-hetero) is 1. The zero-order valence-electron chi connectivity index (χ0n) is 27.9. The van der Waals surface area contributed by atoms with Crippen LogP contribution in [0, 0.1) is 27.2 Å². The number of phenols is 1. The predicted molar refractivity (Wildman–Crippen MR) is 199 cm³/mol. The lowest BCUT2D eigenvalue weighted by atomic mass is 9.44. The summed E-state index contributed by atoms with van der Waals surface area (Å²) in [4.78, 5) is 60.3. The molecule has 0 spiro atoms. The number of halogens is 1. The minimum absolute atomic E-state index is 0.159. The van der Waals surface area contributed by atoms with Crippen LogP contribution in [0.4, 0.5) is 5.69 Å². The Morgan fingerprint density at radius 1 is 0.824 bits per heavy atom. The van der Waals surface area contributed by atoms with Crippen molar-refractivity contribution in [3.8, 4) is 17.2 Å². The summed E-state index contributed by atoms with van der Waals surface area (Å²) in [5, 5.41) is 11.9. The number of carbonyl (C=O) groups excluding carboxylic acids is 4. The molecule has 51 heavy (non-hydrogen) atoms. The number of allylic oxidation sites excluding steroid dienone is 4. The van der Waals surface area contributed by atoms with Crippen molar-refractivity contribution in [1.82, 2.24) is 0 Å². The zero-order chi connectivity index (χ0) is 35.6. The fourth-order valence-corrected chi connectivity index (χ4v) is 9.56. The average molecular weight is 792 g/mol. The molecule has 4 aromatic rings. The van der Waals surface area contributed by atoms with Crippen molar-refractivity contribution in [1.29, 1.82) is 0 Å². The second-order valence-electron chi connectivity index (χ2n) is 13.5. The highest BCUT2D eigenvalue weighted by Crippen LogP contribution is 2.65. The quantitative estimate of drug-likeness (QED) is 0.127. The molecule has 0 aromatic heterocycles. The van der Waals surface area contributed by atoms with Crippen molar-refractivity contribution in [2.45, 2.75) is 24.2 Å². The number of hydrogen-bond donors (Lipinski definition) is 1. The summed E-state index contributed by atoms with van der Waals surface area (Å²) in [7, 11) is 2.96. The molecule has 1 saturated heterocycles. The van der Waals surface area contributed by atoms with Crippen molar-refractivity contribution in [3.05, 3.63) is 135 Å². The lowest BCUT2D eigenvalue weighted by Gasteiger charge is -2.55. The molecular weight excluding hydrogens is 757 g/mol. The summed E-state index contributed by atoms with van der Waals surface area (Å²) in [6.07, 6.45) is 3.85. The molecule has 8 rings (SSSR count). The highest BCUT2D eigenvalue weighted by Gasteiger charge is 2.66. The summed E-state index contributed by atoms with van der Waals surface area (Å²) in [6, 6.07) is 28.8. The van der Waals surface area contributed by atoms with Crippen molar-refractivity contribution >= 4 is 57.2 Å². The molecule has 1 N–H and O–H groups in total. The minimum Gasteiger partial charge on any atom is -0.507 e. The first-order chi connectivity index (χ1) is 24.7. The Bertz CT molecular complexity index is 2160. The van der Waals surface area contributed by atoms with Gasteiger partial charge in [-0.1, -0.05) is 72.3 Å². The average Bonchev–Trinajstić information content (AvgIpc) is 3.41. The minimum atomic E-state index is -1.51. The Hall–Kier alpha value is -5.03. The third-order valence-electron chi connectivity index (χ3n) is 11.3. The predicted octanol–water partition coefficient (Wildman–Crippen LogP) is 7.04. The number of carbonyl (C=O) groups is 4. The van der Waals surface area contributed by atoms with Gasteiger partial charge in [0.25, 0.3) is 0 Å². The SMILES string of the molecule is COc1cc(O)c(C2C3=CCC4C(=O)N(c5ccc(I)cc5)C(=O)C4C3CC3C(=O)C(c4ccccc4)=CC(=O)C32c2ccccc2)c(OC)c1. The van der Waals surface area contributed by atoms with E-state index in [0.717, 1.165) is 9.14 Å². The molecule has 0 bridgehead atoms. The van der Waals surface area contributed by atoms with Crippen LogP contribution in [-0.4, -0.2) is 42.7 Å². The largest absolute Gasteiger partial charge is 0.507 e. The Kier molecular flexibility index (Phi) is 8.21. The molecule has 1 saturated carbocycles. The Morgan fingerprint density at radius 3 is 2.18 bits per heavy atom. The van der Waals surface area contributed by atoms with Crippen LogP contribution < -0.4 is 14.4 Å². The summed E-state index contributed by atoms with van der Waals surface area (Å²) in [5.41, 5.74) is 1.60. The maximum absolute atomic E-state index is 15.2. The van der Waals surface area contributed by atoms with E-state index in [-0.39, 0.29) is 47.7 Å². The number of aromatic hydroxyl groups is 1. The molecule has 1 aliphatic heterocycles. The van der Waals surface area contributed by atoms with E-state index in [1.165, 1.54) is 31.3 Å². The monoisotopic (exact) mass is 791 g/mol. The third kappa shape index (κ3) is 4.92. The maximum Gasteiger partial charge on any atom is 0.238 e. The number of nitrogens with zero attached hydrogens (tertiary/aromatic N) is 1. The number of phenolic OH excluding ortho intramolecular Hbond substituents is 1. The van der Waals surface area contributed by atoms with Gasteiger partial charge in [-0.2, -0.15) is 0 Å². The summed E-state index contributed by atoms with van der Waals surface area (Å²) < 4.78 is 12.4. The number of ketones is 2. The number of benzene rings is 4. The van der Waals surface area contributed by atoms with Gasteiger partial charge in [0, 0.05) is 38.7 Å². The topological polar surface area (TPSA) is 110 Å². The maximum atomic E-state index is 15.2. The lowest BCUT2D eigenvalue weighted by Crippen LogP contribution is -2.58. The van der Waals surface area contributed by atoms with Gasteiger partial charge in [0.05, 0.1) is 37.2 Å². The van der Waals surface area contributed by atoms with Crippen LogP contribution in [0.1, 0.15) is 35.4 Å². The fraction of sp³-hybridized carbons (Fsp3) is 0.238. The van der Waals surface area contributed by atoms with Crippen molar-refractivity contribution in [2.75, 3.05) is 19.1 Å². The molecule has 8 nitrogen and oxygen atoms in total. The Labute approximate surface area is 308 Å². The van der Waals surface area contributed by atoms with E-state index in [4.69, 9.17) is 9.47 Å². The van der Waals surface area contributed by atoms with E-state index in [1.54, 1.807) is 18.2 Å². The third-order valence-corrected chi connectivity index (χ3v) is 12.0. The molecule has 9 heteroatoms. The molecule has 4 aliphatic rings. The number of ether oxygens (including phenoxy) is 2. The molecule has 256 valence electrons. The first-order valence-corrected chi connectivity index (χ1v) is 18.0. The normalized spacial score (nSPS) is 26.9. The first kappa shape index (κ1) is 33.1. The second kappa shape index (κ2) is 12.6. The van der Waals surface area contributed by atoms with Crippen LogP contribution >= 0.6 is 22.6 Å². The van der Waals surface area contributed by atoms with Crippen molar-refractivity contribution in [3.63, 3.8) is 0 Å². The van der Waals surface area contributed by atoms with E-state index in [2.05, 4.69) is 22.6 Å². The van der Waals surface area contributed by atoms with E-state index < -0.39 is 35.0 Å². The number of fused-ring (bicyclic) bond motifs is 4. The van der Waals surface area contributed by atoms with Gasteiger partial charge in [-0.15, -0.1) is 0 Å². The lowest BCUT2D eigenvalue weighted by molar-refractivity contribution is -0.135. The molecule has 2 fully saturated rings. The first-order valence-electron chi connectivity index (χ1n) is 16.9. The van der Waals surface area contributed by atoms with Gasteiger partial charge in [-0.05, 0) is 82.8 Å². The van der Waals surface area contributed by atoms with Crippen LogP contribution in [0.5, 0.6) is 17.2 Å². The van der Waals surface area contributed by atoms with Gasteiger partial charge in [0.1, 0.15) is 17.2 Å². The highest BCUT2D eigenvalue weighted by molar-refractivity contribution is 14.1. The van der Waals surface area contributed by atoms with Crippen molar-refractivity contribution in [2.24, 2.45) is 23.7 Å². The molecule has 3 aliphatic carbocycles. The summed E-state index contributed by atoms with van der Waals surface area (Å²) in [5.74, 6) is -4.51. The molecule has 1 heterocycles. The summed E-state index contributed by atoms with van der Waals surface area (Å²) in [6.45, 7) is 0. The molecule has 2 amide bonds.